The van der Waals surface area contributed by atoms with E-state index in [4.69, 9.17) is 0 Å². The quantitative estimate of drug-likeness (QED) is 0.853. The molecule has 0 bridgehead atoms. The van der Waals surface area contributed by atoms with Crippen molar-refractivity contribution in [1.29, 1.82) is 0 Å². The molecular weight excluding hydrogens is 245 g/mol. The number of nitrogens with zero attached hydrogens (tertiary/aromatic N) is 3. The van der Waals surface area contributed by atoms with Crippen LogP contribution in [-0.2, 0) is 0 Å². The molecule has 0 saturated heterocycles. The fraction of sp³-hybridized carbons (Fsp3) is 0.0714. The number of rotatable bonds is 1. The summed E-state index contributed by atoms with van der Waals surface area (Å²) in [6.45, 7) is 1.95. The molecule has 0 amide bonds. The Bertz CT molecular complexity index is 657. The number of hydrogen-bond donors (Lipinski definition) is 1. The Hall–Kier alpha value is -2.40. The number of hydrazine groups is 1. The molecule has 19 heavy (non-hydrogen) atoms. The molecule has 1 aliphatic heterocycles. The lowest BCUT2D eigenvalue weighted by Gasteiger charge is -2.32. The summed E-state index contributed by atoms with van der Waals surface area (Å²) >= 11 is 0. The molecule has 0 radical (unpaired) electrons. The lowest BCUT2D eigenvalue weighted by Crippen LogP contribution is -2.39. The van der Waals surface area contributed by atoms with Crippen molar-refractivity contribution >= 4 is 17.6 Å². The molecule has 0 aromatic heterocycles. The summed E-state index contributed by atoms with van der Waals surface area (Å²) in [5, 5.41) is 16.4. The minimum atomic E-state index is -0.413. The summed E-state index contributed by atoms with van der Waals surface area (Å²) in [5.41, 5.74) is 2.38. The van der Waals surface area contributed by atoms with Gasteiger partial charge in [0.25, 0.3) is 0 Å². The normalized spacial score (nSPS) is 13.6. The van der Waals surface area contributed by atoms with E-state index in [0.717, 1.165) is 10.7 Å². The van der Waals surface area contributed by atoms with Crippen LogP contribution in [0.25, 0.3) is 0 Å². The first-order chi connectivity index (χ1) is 9.16. The number of fused-ring (bicyclic) bond motifs is 1. The van der Waals surface area contributed by atoms with Crippen molar-refractivity contribution in [3.8, 4) is 0 Å². The fourth-order valence-corrected chi connectivity index (χ4v) is 2.02. The van der Waals surface area contributed by atoms with Crippen molar-refractivity contribution in [2.75, 3.05) is 10.3 Å². The second-order valence-electron chi connectivity index (χ2n) is 4.34. The van der Waals surface area contributed by atoms with Crippen LogP contribution in [0.2, 0.25) is 0 Å². The molecule has 2 aromatic rings. The minimum Gasteiger partial charge on any atom is -0.267 e. The third-order valence-corrected chi connectivity index (χ3v) is 2.95. The second kappa shape index (κ2) is 4.37. The van der Waals surface area contributed by atoms with Crippen molar-refractivity contribution in [3.05, 3.63) is 59.4 Å². The van der Waals surface area contributed by atoms with Crippen LogP contribution in [0.5, 0.6) is 0 Å². The van der Waals surface area contributed by atoms with Gasteiger partial charge in [-0.15, -0.1) is 10.3 Å². The predicted molar refractivity (Wildman–Crippen MR) is 71.9 cm³/mol. The predicted octanol–water partition coefficient (Wildman–Crippen LogP) is 3.10. The Morgan fingerprint density at radius 2 is 1.95 bits per heavy atom. The molecule has 0 saturated carbocycles. The molecular formula is C14H12FN3O. The third kappa shape index (κ3) is 1.94. The molecule has 0 fully saturated rings. The largest absolute Gasteiger partial charge is 0.267 e. The van der Waals surface area contributed by atoms with Gasteiger partial charge in [-0.2, -0.15) is 5.10 Å². The first kappa shape index (κ1) is 11.7. The number of aryl methyl sites for hydroxylation is 1. The topological polar surface area (TPSA) is 39.1 Å². The van der Waals surface area contributed by atoms with E-state index in [1.165, 1.54) is 17.4 Å². The molecule has 5 heteroatoms. The summed E-state index contributed by atoms with van der Waals surface area (Å²) in [5.74, 6) is -0.413. The molecule has 0 spiro atoms. The molecule has 4 nitrogen and oxygen atoms in total. The van der Waals surface area contributed by atoms with E-state index in [0.29, 0.717) is 11.4 Å². The summed E-state index contributed by atoms with van der Waals surface area (Å²) in [6, 6.07) is 12.0. The highest BCUT2D eigenvalue weighted by Crippen LogP contribution is 2.29. The smallest absolute Gasteiger partial charge is 0.134 e. The van der Waals surface area contributed by atoms with Crippen LogP contribution in [0, 0.1) is 12.7 Å². The van der Waals surface area contributed by atoms with Crippen molar-refractivity contribution in [3.63, 3.8) is 0 Å². The van der Waals surface area contributed by atoms with Crippen LogP contribution < -0.4 is 10.3 Å². The van der Waals surface area contributed by atoms with Gasteiger partial charge < -0.3 is 0 Å². The van der Waals surface area contributed by atoms with Crippen LogP contribution in [-0.4, -0.2) is 11.4 Å². The fourth-order valence-electron chi connectivity index (χ4n) is 2.02. The van der Waals surface area contributed by atoms with Crippen LogP contribution in [0.1, 0.15) is 11.1 Å². The zero-order valence-corrected chi connectivity index (χ0v) is 10.3. The molecule has 0 atom stereocenters. The van der Waals surface area contributed by atoms with Crippen LogP contribution in [0.15, 0.2) is 47.6 Å². The Labute approximate surface area is 109 Å². The summed E-state index contributed by atoms with van der Waals surface area (Å²) < 4.78 is 13.6. The van der Waals surface area contributed by atoms with Crippen molar-refractivity contribution in [2.24, 2.45) is 5.10 Å². The number of anilines is 2. The van der Waals surface area contributed by atoms with Gasteiger partial charge in [-0.05, 0) is 36.8 Å². The lowest BCUT2D eigenvalue weighted by atomic mass is 10.1. The Balaban J connectivity index is 2.05. The first-order valence-corrected chi connectivity index (χ1v) is 5.85. The van der Waals surface area contributed by atoms with Crippen molar-refractivity contribution < 1.29 is 9.60 Å². The Kier molecular flexibility index (Phi) is 2.68. The van der Waals surface area contributed by atoms with Gasteiger partial charge in [-0.1, -0.05) is 18.2 Å². The highest BCUT2D eigenvalue weighted by molar-refractivity contribution is 5.91. The monoisotopic (exact) mass is 257 g/mol. The molecule has 1 aliphatic rings. The van der Waals surface area contributed by atoms with E-state index in [9.17, 15) is 9.60 Å². The highest BCUT2D eigenvalue weighted by Gasteiger charge is 2.23. The second-order valence-corrected chi connectivity index (χ2v) is 4.34. The standard InChI is InChI=1S/C14H12FN3O/c1-10-4-2-5-11(8-10)17-16-9-12-13(15)6-3-7-14(12)18(17)19/h2-9,19H,1H3. The first-order valence-electron chi connectivity index (χ1n) is 5.85. The van der Waals surface area contributed by atoms with E-state index in [1.54, 1.807) is 12.1 Å². The number of hydrogen-bond acceptors (Lipinski definition) is 4. The summed E-state index contributed by atoms with van der Waals surface area (Å²) in [4.78, 5) is 0. The van der Waals surface area contributed by atoms with Gasteiger partial charge in [-0.25, -0.2) is 4.39 Å². The van der Waals surface area contributed by atoms with Gasteiger partial charge in [0, 0.05) is 0 Å². The molecule has 2 aromatic carbocycles. The van der Waals surface area contributed by atoms with E-state index < -0.39 is 5.82 Å². The molecule has 1 heterocycles. The molecule has 96 valence electrons. The molecule has 3 rings (SSSR count). The SMILES string of the molecule is Cc1cccc(N2N=Cc3c(F)cccc3N2O)c1. The minimum absolute atomic E-state index is 0.272. The van der Waals surface area contributed by atoms with Gasteiger partial charge in [0.1, 0.15) is 11.5 Å². The molecule has 0 unspecified atom stereocenters. The van der Waals surface area contributed by atoms with Crippen molar-refractivity contribution in [2.45, 2.75) is 6.92 Å². The summed E-state index contributed by atoms with van der Waals surface area (Å²) in [6.07, 6.45) is 1.40. The van der Waals surface area contributed by atoms with Crippen LogP contribution in [0.4, 0.5) is 15.8 Å². The number of hydrazone groups is 1. The molecule has 0 aliphatic carbocycles. The van der Waals surface area contributed by atoms with Crippen molar-refractivity contribution in [1.82, 2.24) is 0 Å². The number of halogens is 1. The average molecular weight is 257 g/mol. The van der Waals surface area contributed by atoms with Crippen LogP contribution >= 0.6 is 0 Å². The van der Waals surface area contributed by atoms with E-state index >= 15 is 0 Å². The lowest BCUT2D eigenvalue weighted by molar-refractivity contribution is 0.241. The Morgan fingerprint density at radius 1 is 1.16 bits per heavy atom. The van der Waals surface area contributed by atoms with Gasteiger partial charge >= 0.3 is 0 Å². The van der Waals surface area contributed by atoms with Crippen LogP contribution in [0.3, 0.4) is 0 Å². The van der Waals surface area contributed by atoms with E-state index in [1.807, 2.05) is 31.2 Å². The zero-order chi connectivity index (χ0) is 13.4. The maximum atomic E-state index is 13.6. The van der Waals surface area contributed by atoms with Gasteiger partial charge in [-0.3, -0.25) is 5.21 Å². The van der Waals surface area contributed by atoms with E-state index in [-0.39, 0.29) is 5.56 Å². The maximum absolute atomic E-state index is 13.6. The van der Waals surface area contributed by atoms with Gasteiger partial charge in [0.2, 0.25) is 0 Å². The molecule has 1 N–H and O–H groups in total. The van der Waals surface area contributed by atoms with Gasteiger partial charge in [0.15, 0.2) is 0 Å². The number of benzene rings is 2. The highest BCUT2D eigenvalue weighted by atomic mass is 19.1. The zero-order valence-electron chi connectivity index (χ0n) is 10.3. The summed E-state index contributed by atoms with van der Waals surface area (Å²) in [7, 11) is 0. The third-order valence-electron chi connectivity index (χ3n) is 2.95. The van der Waals surface area contributed by atoms with E-state index in [2.05, 4.69) is 5.10 Å². The van der Waals surface area contributed by atoms with Gasteiger partial charge in [0.05, 0.1) is 17.5 Å². The Morgan fingerprint density at radius 3 is 2.74 bits per heavy atom. The maximum Gasteiger partial charge on any atom is 0.134 e. The average Bonchev–Trinajstić information content (AvgIpc) is 2.40.